The smallest absolute Gasteiger partial charge is 0.190 e. The third-order valence-corrected chi connectivity index (χ3v) is 3.57. The van der Waals surface area contributed by atoms with Crippen molar-refractivity contribution >= 4 is 5.78 Å². The van der Waals surface area contributed by atoms with E-state index in [2.05, 4.69) is 0 Å². The number of ketones is 1. The lowest BCUT2D eigenvalue weighted by Crippen LogP contribution is -2.39. The highest BCUT2D eigenvalue weighted by Gasteiger charge is 2.40. The maximum atomic E-state index is 12.2. The molecular formula is C12H16O4. The van der Waals surface area contributed by atoms with Gasteiger partial charge in [0.2, 0.25) is 0 Å². The first-order valence-electron chi connectivity index (χ1n) is 5.99. The molecule has 0 bridgehead atoms. The van der Waals surface area contributed by atoms with Gasteiger partial charge in [-0.1, -0.05) is 6.42 Å². The Hall–Kier alpha value is -0.870. The summed E-state index contributed by atoms with van der Waals surface area (Å²) < 4.78 is 16.3. The van der Waals surface area contributed by atoms with Crippen LogP contribution < -0.4 is 0 Å². The van der Waals surface area contributed by atoms with Crippen LogP contribution in [0.4, 0.5) is 0 Å². The lowest BCUT2D eigenvalue weighted by atomic mass is 9.80. The van der Waals surface area contributed by atoms with Crippen LogP contribution in [0.15, 0.2) is 11.8 Å². The summed E-state index contributed by atoms with van der Waals surface area (Å²) in [6.07, 6.45) is 5.37. The maximum Gasteiger partial charge on any atom is 0.190 e. The highest BCUT2D eigenvalue weighted by molar-refractivity contribution is 5.98. The summed E-state index contributed by atoms with van der Waals surface area (Å²) in [7, 11) is 0. The summed E-state index contributed by atoms with van der Waals surface area (Å²) in [5.41, 5.74) is 0.570. The molecule has 2 heterocycles. The number of carbonyl (C=O) groups excluding carboxylic acids is 1. The normalized spacial score (nSPS) is 35.5. The zero-order chi connectivity index (χ0) is 11.0. The lowest BCUT2D eigenvalue weighted by molar-refractivity contribution is -0.131. The molecule has 88 valence electrons. The van der Waals surface area contributed by atoms with E-state index in [1.807, 2.05) is 0 Å². The van der Waals surface area contributed by atoms with E-state index in [1.54, 1.807) is 6.26 Å². The van der Waals surface area contributed by atoms with Crippen LogP contribution in [-0.2, 0) is 19.0 Å². The number of Topliss-reactive ketones (excluding diaryl/α,β-unsaturated/α-hetero) is 1. The van der Waals surface area contributed by atoms with Crippen LogP contribution in [0.25, 0.3) is 0 Å². The van der Waals surface area contributed by atoms with Gasteiger partial charge in [0, 0.05) is 0 Å². The molecule has 16 heavy (non-hydrogen) atoms. The molecule has 4 nitrogen and oxygen atoms in total. The summed E-state index contributed by atoms with van der Waals surface area (Å²) in [4.78, 5) is 12.2. The Kier molecular flexibility index (Phi) is 2.69. The minimum Gasteiger partial charge on any atom is -0.497 e. The standard InChI is InChI=1S/C12H16O4/c13-11-8-3-1-2-4-10(8)16-7-9(11)12-14-5-6-15-12/h7-8,10,12H,1-6H2. The molecule has 2 fully saturated rings. The average Bonchev–Trinajstić information content (AvgIpc) is 2.83. The molecule has 0 aromatic carbocycles. The topological polar surface area (TPSA) is 44.8 Å². The number of hydrogen-bond acceptors (Lipinski definition) is 4. The van der Waals surface area contributed by atoms with Crippen LogP contribution in [0.5, 0.6) is 0 Å². The summed E-state index contributed by atoms with van der Waals surface area (Å²) in [5.74, 6) is 0.199. The van der Waals surface area contributed by atoms with E-state index >= 15 is 0 Å². The molecular weight excluding hydrogens is 208 g/mol. The highest BCUT2D eigenvalue weighted by atomic mass is 16.7. The fraction of sp³-hybridized carbons (Fsp3) is 0.750. The fourth-order valence-corrected chi connectivity index (χ4v) is 2.70. The Labute approximate surface area is 94.5 Å². The predicted octanol–water partition coefficient (Wildman–Crippen LogP) is 1.40. The molecule has 2 aliphatic heterocycles. The van der Waals surface area contributed by atoms with Gasteiger partial charge in [0.05, 0.1) is 31.0 Å². The Bertz CT molecular complexity index is 317. The SMILES string of the molecule is O=C1C(C2OCCO2)=COC2CCCCC12. The summed E-state index contributed by atoms with van der Waals surface area (Å²) >= 11 is 0. The summed E-state index contributed by atoms with van der Waals surface area (Å²) in [6.45, 7) is 1.12. The molecule has 2 atom stereocenters. The van der Waals surface area contributed by atoms with E-state index in [4.69, 9.17) is 14.2 Å². The van der Waals surface area contributed by atoms with Crippen molar-refractivity contribution < 1.29 is 19.0 Å². The Morgan fingerprint density at radius 2 is 1.88 bits per heavy atom. The third-order valence-electron chi connectivity index (χ3n) is 3.57. The monoisotopic (exact) mass is 224 g/mol. The van der Waals surface area contributed by atoms with E-state index in [0.717, 1.165) is 25.7 Å². The van der Waals surface area contributed by atoms with Gasteiger partial charge in [-0.3, -0.25) is 4.79 Å². The second-order valence-electron chi connectivity index (χ2n) is 4.58. The summed E-state index contributed by atoms with van der Waals surface area (Å²) in [6, 6.07) is 0. The second kappa shape index (κ2) is 4.18. The minimum atomic E-state index is -0.490. The molecule has 1 aliphatic carbocycles. The minimum absolute atomic E-state index is 0.0292. The lowest BCUT2D eigenvalue weighted by Gasteiger charge is -2.34. The van der Waals surface area contributed by atoms with Crippen LogP contribution in [0.2, 0.25) is 0 Å². The molecule has 3 aliphatic rings. The molecule has 0 radical (unpaired) electrons. The Balaban J connectivity index is 1.79. The van der Waals surface area contributed by atoms with Crippen LogP contribution in [0, 0.1) is 5.92 Å². The molecule has 1 saturated carbocycles. The van der Waals surface area contributed by atoms with Gasteiger partial charge >= 0.3 is 0 Å². The maximum absolute atomic E-state index is 12.2. The van der Waals surface area contributed by atoms with Crippen LogP contribution in [0.1, 0.15) is 25.7 Å². The molecule has 4 heteroatoms. The molecule has 3 rings (SSSR count). The van der Waals surface area contributed by atoms with Crippen molar-refractivity contribution in [3.8, 4) is 0 Å². The van der Waals surface area contributed by atoms with Crippen LogP contribution >= 0.6 is 0 Å². The van der Waals surface area contributed by atoms with Gasteiger partial charge in [0.25, 0.3) is 0 Å². The van der Waals surface area contributed by atoms with E-state index in [1.165, 1.54) is 0 Å². The van der Waals surface area contributed by atoms with Gasteiger partial charge in [0.1, 0.15) is 6.10 Å². The van der Waals surface area contributed by atoms with Crippen molar-refractivity contribution in [3.63, 3.8) is 0 Å². The number of fused-ring (bicyclic) bond motifs is 1. The second-order valence-corrected chi connectivity index (χ2v) is 4.58. The summed E-state index contributed by atoms with van der Waals surface area (Å²) in [5, 5.41) is 0. The molecule has 0 N–H and O–H groups in total. The Morgan fingerprint density at radius 1 is 1.12 bits per heavy atom. The molecule has 2 unspecified atom stereocenters. The number of hydrogen-bond donors (Lipinski definition) is 0. The number of carbonyl (C=O) groups is 1. The van der Waals surface area contributed by atoms with Crippen molar-refractivity contribution in [2.24, 2.45) is 5.92 Å². The molecule has 0 spiro atoms. The quantitative estimate of drug-likeness (QED) is 0.675. The third kappa shape index (κ3) is 1.66. The van der Waals surface area contributed by atoms with Gasteiger partial charge < -0.3 is 14.2 Å². The van der Waals surface area contributed by atoms with Crippen molar-refractivity contribution in [1.29, 1.82) is 0 Å². The van der Waals surface area contributed by atoms with Crippen molar-refractivity contribution in [2.45, 2.75) is 38.1 Å². The van der Waals surface area contributed by atoms with Gasteiger partial charge in [-0.2, -0.15) is 0 Å². The largest absolute Gasteiger partial charge is 0.497 e. The molecule has 0 aromatic rings. The van der Waals surface area contributed by atoms with E-state index in [0.29, 0.717) is 18.8 Å². The van der Waals surface area contributed by atoms with Gasteiger partial charge in [-0.25, -0.2) is 0 Å². The fourth-order valence-electron chi connectivity index (χ4n) is 2.70. The van der Waals surface area contributed by atoms with Crippen molar-refractivity contribution in [3.05, 3.63) is 11.8 Å². The first kappa shape index (κ1) is 10.3. The molecule has 0 aromatic heterocycles. The average molecular weight is 224 g/mol. The van der Waals surface area contributed by atoms with E-state index in [-0.39, 0.29) is 17.8 Å². The zero-order valence-electron chi connectivity index (χ0n) is 9.19. The van der Waals surface area contributed by atoms with Gasteiger partial charge in [0.15, 0.2) is 12.1 Å². The Morgan fingerprint density at radius 3 is 2.69 bits per heavy atom. The first-order chi connectivity index (χ1) is 7.86. The van der Waals surface area contributed by atoms with Crippen LogP contribution in [-0.4, -0.2) is 31.4 Å². The first-order valence-corrected chi connectivity index (χ1v) is 5.99. The van der Waals surface area contributed by atoms with Crippen molar-refractivity contribution in [2.75, 3.05) is 13.2 Å². The van der Waals surface area contributed by atoms with Crippen molar-refractivity contribution in [1.82, 2.24) is 0 Å². The molecule has 1 saturated heterocycles. The predicted molar refractivity (Wildman–Crippen MR) is 55.6 cm³/mol. The van der Waals surface area contributed by atoms with Gasteiger partial charge in [-0.05, 0) is 19.3 Å². The number of ether oxygens (including phenoxy) is 3. The van der Waals surface area contributed by atoms with E-state index in [9.17, 15) is 4.79 Å². The zero-order valence-corrected chi connectivity index (χ0v) is 9.19. The number of rotatable bonds is 1. The van der Waals surface area contributed by atoms with Gasteiger partial charge in [-0.15, -0.1) is 0 Å². The highest BCUT2D eigenvalue weighted by Crippen LogP contribution is 2.34. The van der Waals surface area contributed by atoms with Crippen LogP contribution in [0.3, 0.4) is 0 Å². The molecule has 0 amide bonds. The van der Waals surface area contributed by atoms with E-state index < -0.39 is 6.29 Å².